The van der Waals surface area contributed by atoms with E-state index in [-0.39, 0.29) is 12.2 Å². The summed E-state index contributed by atoms with van der Waals surface area (Å²) in [6.45, 7) is 3.62. The normalized spacial score (nSPS) is 27.7. The van der Waals surface area contributed by atoms with Crippen LogP contribution >= 0.6 is 0 Å². The lowest BCUT2D eigenvalue weighted by Crippen LogP contribution is -2.40. The van der Waals surface area contributed by atoms with Crippen LogP contribution in [0.15, 0.2) is 0 Å². The third-order valence-corrected chi connectivity index (χ3v) is 2.88. The Labute approximate surface area is 84.6 Å². The molecule has 2 heterocycles. The van der Waals surface area contributed by atoms with E-state index in [4.69, 9.17) is 4.74 Å². The molecule has 2 fully saturated rings. The number of carbonyl (C=O) groups excluding carboxylic acids is 1. The second kappa shape index (κ2) is 4.64. The first kappa shape index (κ1) is 9.77. The van der Waals surface area contributed by atoms with Gasteiger partial charge in [-0.3, -0.25) is 0 Å². The maximum absolute atomic E-state index is 11.6. The zero-order valence-corrected chi connectivity index (χ0v) is 8.50. The number of hydrogen-bond acceptors (Lipinski definition) is 3. The van der Waals surface area contributed by atoms with Crippen LogP contribution in [0.3, 0.4) is 0 Å². The Hall–Kier alpha value is -0.770. The SMILES string of the molecule is O=C(O[C@H]1CCCNC1)N1CCCC1. The highest BCUT2D eigenvalue weighted by molar-refractivity contribution is 5.68. The second-order valence-corrected chi connectivity index (χ2v) is 4.05. The number of hydrogen-bond donors (Lipinski definition) is 1. The zero-order valence-electron chi connectivity index (χ0n) is 8.50. The van der Waals surface area contributed by atoms with E-state index in [0.29, 0.717) is 0 Å². The number of ether oxygens (including phenoxy) is 1. The average Bonchev–Trinajstić information content (AvgIpc) is 2.72. The van der Waals surface area contributed by atoms with Gasteiger partial charge in [0.1, 0.15) is 6.10 Å². The molecule has 0 spiro atoms. The van der Waals surface area contributed by atoms with E-state index < -0.39 is 0 Å². The number of nitrogens with zero attached hydrogens (tertiary/aromatic N) is 1. The van der Waals surface area contributed by atoms with Gasteiger partial charge in [0.2, 0.25) is 0 Å². The Morgan fingerprint density at radius 3 is 2.71 bits per heavy atom. The van der Waals surface area contributed by atoms with Gasteiger partial charge in [0.15, 0.2) is 0 Å². The molecule has 0 aromatic heterocycles. The molecule has 2 aliphatic heterocycles. The Morgan fingerprint density at radius 1 is 1.29 bits per heavy atom. The minimum absolute atomic E-state index is 0.0943. The van der Waals surface area contributed by atoms with Crippen molar-refractivity contribution >= 4 is 6.09 Å². The molecule has 0 bridgehead atoms. The van der Waals surface area contributed by atoms with Crippen molar-refractivity contribution in [3.8, 4) is 0 Å². The maximum atomic E-state index is 11.6. The van der Waals surface area contributed by atoms with Gasteiger partial charge < -0.3 is 15.0 Å². The van der Waals surface area contributed by atoms with E-state index in [0.717, 1.165) is 51.9 Å². The lowest BCUT2D eigenvalue weighted by molar-refractivity contribution is 0.0569. The van der Waals surface area contributed by atoms with Gasteiger partial charge in [0.05, 0.1) is 0 Å². The van der Waals surface area contributed by atoms with Crippen molar-refractivity contribution in [2.75, 3.05) is 26.2 Å². The van der Waals surface area contributed by atoms with Crippen LogP contribution in [0.5, 0.6) is 0 Å². The largest absolute Gasteiger partial charge is 0.445 e. The van der Waals surface area contributed by atoms with Gasteiger partial charge in [-0.2, -0.15) is 0 Å². The van der Waals surface area contributed by atoms with Gasteiger partial charge in [0.25, 0.3) is 0 Å². The molecular weight excluding hydrogens is 180 g/mol. The van der Waals surface area contributed by atoms with E-state index in [1.165, 1.54) is 0 Å². The molecule has 4 nitrogen and oxygen atoms in total. The molecule has 2 saturated heterocycles. The lowest BCUT2D eigenvalue weighted by Gasteiger charge is -2.25. The first-order valence-electron chi connectivity index (χ1n) is 5.52. The molecule has 1 N–H and O–H groups in total. The summed E-state index contributed by atoms with van der Waals surface area (Å²) in [6, 6.07) is 0. The Morgan fingerprint density at radius 2 is 2.07 bits per heavy atom. The summed E-state index contributed by atoms with van der Waals surface area (Å²) in [7, 11) is 0. The minimum atomic E-state index is -0.115. The molecule has 0 aliphatic carbocycles. The van der Waals surface area contributed by atoms with Gasteiger partial charge in [-0.25, -0.2) is 4.79 Å². The van der Waals surface area contributed by atoms with Crippen molar-refractivity contribution in [1.29, 1.82) is 0 Å². The minimum Gasteiger partial charge on any atom is -0.445 e. The fraction of sp³-hybridized carbons (Fsp3) is 0.900. The summed E-state index contributed by atoms with van der Waals surface area (Å²) in [5.41, 5.74) is 0. The second-order valence-electron chi connectivity index (χ2n) is 4.05. The number of nitrogens with one attached hydrogen (secondary N) is 1. The highest BCUT2D eigenvalue weighted by atomic mass is 16.6. The fourth-order valence-corrected chi connectivity index (χ4v) is 2.04. The number of rotatable bonds is 1. The summed E-state index contributed by atoms with van der Waals surface area (Å²) >= 11 is 0. The van der Waals surface area contributed by atoms with Crippen LogP contribution in [0.2, 0.25) is 0 Å². The van der Waals surface area contributed by atoms with Crippen LogP contribution < -0.4 is 5.32 Å². The first-order chi connectivity index (χ1) is 6.86. The quantitative estimate of drug-likeness (QED) is 0.682. The van der Waals surface area contributed by atoms with Gasteiger partial charge in [-0.05, 0) is 32.2 Å². The predicted octanol–water partition coefficient (Wildman–Crippen LogP) is 0.971. The van der Waals surface area contributed by atoms with Crippen LogP contribution in [0.4, 0.5) is 4.79 Å². The molecule has 0 unspecified atom stereocenters. The third-order valence-electron chi connectivity index (χ3n) is 2.88. The highest BCUT2D eigenvalue weighted by Gasteiger charge is 2.23. The molecule has 2 aliphatic rings. The molecule has 0 aromatic carbocycles. The summed E-state index contributed by atoms with van der Waals surface area (Å²) in [5, 5.41) is 3.24. The first-order valence-corrected chi connectivity index (χ1v) is 5.52. The van der Waals surface area contributed by atoms with Gasteiger partial charge in [0, 0.05) is 19.6 Å². The van der Waals surface area contributed by atoms with Crippen molar-refractivity contribution in [3.05, 3.63) is 0 Å². The third kappa shape index (κ3) is 2.38. The maximum Gasteiger partial charge on any atom is 0.410 e. The van der Waals surface area contributed by atoms with Crippen molar-refractivity contribution < 1.29 is 9.53 Å². The molecular formula is C10H18N2O2. The molecule has 0 saturated carbocycles. The van der Waals surface area contributed by atoms with E-state index >= 15 is 0 Å². The standard InChI is InChI=1S/C10H18N2O2/c13-10(12-6-1-2-7-12)14-9-4-3-5-11-8-9/h9,11H,1-8H2/t9-/m0/s1. The van der Waals surface area contributed by atoms with E-state index in [1.807, 2.05) is 4.90 Å². The van der Waals surface area contributed by atoms with E-state index in [2.05, 4.69) is 5.32 Å². The smallest absolute Gasteiger partial charge is 0.410 e. The topological polar surface area (TPSA) is 41.6 Å². The zero-order chi connectivity index (χ0) is 9.80. The van der Waals surface area contributed by atoms with Crippen LogP contribution in [-0.2, 0) is 4.74 Å². The van der Waals surface area contributed by atoms with Crippen LogP contribution in [0, 0.1) is 0 Å². The summed E-state index contributed by atoms with van der Waals surface area (Å²) < 4.78 is 5.40. The fourth-order valence-electron chi connectivity index (χ4n) is 2.04. The molecule has 4 heteroatoms. The van der Waals surface area contributed by atoms with Gasteiger partial charge in [-0.15, -0.1) is 0 Å². The van der Waals surface area contributed by atoms with Crippen LogP contribution in [0.1, 0.15) is 25.7 Å². The Kier molecular flexibility index (Phi) is 3.24. The lowest BCUT2D eigenvalue weighted by atomic mass is 10.1. The highest BCUT2D eigenvalue weighted by Crippen LogP contribution is 2.12. The van der Waals surface area contributed by atoms with Crippen LogP contribution in [0.25, 0.3) is 0 Å². The molecule has 2 rings (SSSR count). The van der Waals surface area contributed by atoms with Crippen molar-refractivity contribution in [3.63, 3.8) is 0 Å². The predicted molar refractivity (Wildman–Crippen MR) is 53.2 cm³/mol. The number of carbonyl (C=O) groups is 1. The van der Waals surface area contributed by atoms with E-state index in [9.17, 15) is 4.79 Å². The Balaban J connectivity index is 1.75. The number of likely N-dealkylation sites (tertiary alicyclic amines) is 1. The number of piperidine rings is 1. The van der Waals surface area contributed by atoms with Crippen molar-refractivity contribution in [2.24, 2.45) is 0 Å². The molecule has 14 heavy (non-hydrogen) atoms. The molecule has 0 radical (unpaired) electrons. The summed E-state index contributed by atoms with van der Waals surface area (Å²) in [4.78, 5) is 13.4. The van der Waals surface area contributed by atoms with Crippen molar-refractivity contribution in [2.45, 2.75) is 31.8 Å². The summed E-state index contributed by atoms with van der Waals surface area (Å²) in [6.07, 6.45) is 4.34. The average molecular weight is 198 g/mol. The number of amides is 1. The molecule has 1 atom stereocenters. The molecule has 80 valence electrons. The molecule has 0 aromatic rings. The van der Waals surface area contributed by atoms with Gasteiger partial charge >= 0.3 is 6.09 Å². The van der Waals surface area contributed by atoms with Crippen LogP contribution in [-0.4, -0.2) is 43.3 Å². The molecule has 1 amide bonds. The van der Waals surface area contributed by atoms with Gasteiger partial charge in [-0.1, -0.05) is 0 Å². The monoisotopic (exact) mass is 198 g/mol. The summed E-state index contributed by atoms with van der Waals surface area (Å²) in [5.74, 6) is 0. The Bertz CT molecular complexity index is 196. The van der Waals surface area contributed by atoms with Crippen molar-refractivity contribution in [1.82, 2.24) is 10.2 Å². The van der Waals surface area contributed by atoms with E-state index in [1.54, 1.807) is 0 Å².